The third-order valence-corrected chi connectivity index (χ3v) is 13.3. The van der Waals surface area contributed by atoms with E-state index in [1.807, 2.05) is 64.1 Å². The third kappa shape index (κ3) is 10.3. The lowest BCUT2D eigenvalue weighted by Crippen LogP contribution is -2.59. The van der Waals surface area contributed by atoms with Crippen LogP contribution in [0.1, 0.15) is 81.4 Å². The molecule has 2 atom stereocenters. The normalized spacial score (nSPS) is 12.8. The minimum Gasteiger partial charge on any atom is -0.497 e. The number of nitrogens with one attached hydrogen (secondary N) is 1. The number of nitrogens with zero attached hydrogens (tertiary/aromatic N) is 1. The summed E-state index contributed by atoms with van der Waals surface area (Å²) in [5, 5.41) is 24.2. The van der Waals surface area contributed by atoms with E-state index in [9.17, 15) is 24.6 Å². The highest BCUT2D eigenvalue weighted by atomic mass is 31.1. The molecule has 0 aliphatic heterocycles. The topological polar surface area (TPSA) is 162 Å². The zero-order valence-electron chi connectivity index (χ0n) is 36.8. The van der Waals surface area contributed by atoms with E-state index in [0.717, 1.165) is 0 Å². The summed E-state index contributed by atoms with van der Waals surface area (Å²) in [5.41, 5.74) is -1.90. The van der Waals surface area contributed by atoms with E-state index in [1.165, 1.54) is 0 Å². The first-order chi connectivity index (χ1) is 29.1. The van der Waals surface area contributed by atoms with Gasteiger partial charge in [-0.25, -0.2) is 0 Å². The van der Waals surface area contributed by atoms with E-state index < -0.39 is 49.7 Å². The summed E-state index contributed by atoms with van der Waals surface area (Å²) >= 11 is 0. The highest BCUT2D eigenvalue weighted by molar-refractivity contribution is 7.34. The van der Waals surface area contributed by atoms with E-state index in [2.05, 4.69) is 10.2 Å². The van der Waals surface area contributed by atoms with Crippen LogP contribution in [0.4, 0.5) is 0 Å². The maximum absolute atomic E-state index is 13.9. The lowest BCUT2D eigenvalue weighted by atomic mass is 9.71. The van der Waals surface area contributed by atoms with Crippen molar-refractivity contribution < 1.29 is 52.8 Å². The van der Waals surface area contributed by atoms with E-state index >= 15 is 0 Å². The number of carbonyl (C=O) groups is 3. The van der Waals surface area contributed by atoms with Crippen molar-refractivity contribution in [1.82, 2.24) is 10.2 Å². The summed E-state index contributed by atoms with van der Waals surface area (Å²) in [5.74, 6) is -1.13. The maximum atomic E-state index is 13.9. The summed E-state index contributed by atoms with van der Waals surface area (Å²) in [6, 6.07) is 28.1. The van der Waals surface area contributed by atoms with Crippen LogP contribution in [-0.2, 0) is 24.5 Å². The van der Waals surface area contributed by atoms with E-state index in [0.29, 0.717) is 45.3 Å². The molecule has 4 aromatic rings. The summed E-state index contributed by atoms with van der Waals surface area (Å²) in [7, 11) is 5.58. The number of aliphatic carboxylic acids is 2. The molecule has 0 saturated heterocycles. The molecule has 1 amide bonds. The molecule has 0 saturated carbocycles. The van der Waals surface area contributed by atoms with Gasteiger partial charge in [0.15, 0.2) is 5.41 Å². The van der Waals surface area contributed by atoms with Crippen molar-refractivity contribution in [3.8, 4) is 23.0 Å². The van der Waals surface area contributed by atoms with Crippen molar-refractivity contribution in [2.24, 2.45) is 5.41 Å². The van der Waals surface area contributed by atoms with Gasteiger partial charge in [-0.2, -0.15) is 0 Å². The highest BCUT2D eigenvalue weighted by Crippen LogP contribution is 2.54. The van der Waals surface area contributed by atoms with Crippen LogP contribution in [0.25, 0.3) is 0 Å². The second-order valence-electron chi connectivity index (χ2n) is 15.2. The van der Waals surface area contributed by atoms with Crippen molar-refractivity contribution in [1.29, 1.82) is 0 Å². The third-order valence-electron chi connectivity index (χ3n) is 11.5. The van der Waals surface area contributed by atoms with E-state index in [1.54, 1.807) is 103 Å². The monoisotopic (exact) mass is 860 g/mol. The van der Waals surface area contributed by atoms with Gasteiger partial charge in [0.05, 0.1) is 41.7 Å². The first-order valence-electron chi connectivity index (χ1n) is 20.3. The molecule has 0 aromatic heterocycles. The Labute approximate surface area is 361 Å². The molecule has 3 N–H and O–H groups in total. The number of carbonyl (C=O) groups excluding carboxylic acids is 1. The van der Waals surface area contributed by atoms with Gasteiger partial charge in [0, 0.05) is 31.6 Å². The SMILES string of the molecule is CCC(CC)(POCC(NC(=O)c1ccc(OC)cc1)N(C(C)C)C(C)C)C(COC(c1ccc(OC)cc1)(c1ccc(OC)cc1)c1ccc(OC)cc1)(C(=O)O)C(=O)O. The van der Waals surface area contributed by atoms with Crippen molar-refractivity contribution in [2.75, 3.05) is 41.7 Å². The number of carboxylic acid groups (broad SMARTS) is 2. The Morgan fingerprint density at radius 3 is 1.30 bits per heavy atom. The number of benzene rings is 4. The van der Waals surface area contributed by atoms with Gasteiger partial charge >= 0.3 is 11.9 Å². The minimum absolute atomic E-state index is 0.0253. The van der Waals surface area contributed by atoms with Gasteiger partial charge in [-0.05, 0) is 118 Å². The summed E-state index contributed by atoms with van der Waals surface area (Å²) < 4.78 is 35.2. The van der Waals surface area contributed by atoms with Crippen molar-refractivity contribution in [3.63, 3.8) is 0 Å². The lowest BCUT2D eigenvalue weighted by Gasteiger charge is -2.46. The molecule has 330 valence electrons. The molecule has 0 heterocycles. The average Bonchev–Trinajstić information content (AvgIpc) is 3.26. The highest BCUT2D eigenvalue weighted by Gasteiger charge is 2.63. The molecule has 4 rings (SSSR count). The Bertz CT molecular complexity index is 1880. The molecule has 0 spiro atoms. The van der Waals surface area contributed by atoms with Crippen molar-refractivity contribution >= 4 is 26.7 Å². The van der Waals surface area contributed by atoms with Crippen molar-refractivity contribution in [2.45, 2.75) is 83.4 Å². The lowest BCUT2D eigenvalue weighted by molar-refractivity contribution is -0.177. The number of carboxylic acids is 2. The molecule has 61 heavy (non-hydrogen) atoms. The Hall–Kier alpha value is -5.20. The number of ether oxygens (including phenoxy) is 5. The van der Waals surface area contributed by atoms with Gasteiger partial charge in [0.1, 0.15) is 34.8 Å². The number of methoxy groups -OCH3 is 4. The molecular weight excluding hydrogens is 799 g/mol. The number of amides is 1. The minimum atomic E-state index is -2.52. The Balaban J connectivity index is 1.84. The Kier molecular flexibility index (Phi) is 17.1. The predicted molar refractivity (Wildman–Crippen MR) is 236 cm³/mol. The molecule has 13 nitrogen and oxygen atoms in total. The molecule has 0 aliphatic rings. The van der Waals surface area contributed by atoms with Gasteiger partial charge < -0.3 is 43.7 Å². The van der Waals surface area contributed by atoms with Crippen LogP contribution in [0, 0.1) is 5.41 Å². The molecule has 0 bridgehead atoms. The molecule has 0 radical (unpaired) electrons. The first-order valence-corrected chi connectivity index (χ1v) is 21.2. The summed E-state index contributed by atoms with van der Waals surface area (Å²) in [6.07, 6.45) is -0.418. The molecular formula is C47H61N2O11P. The maximum Gasteiger partial charge on any atom is 0.324 e. The van der Waals surface area contributed by atoms with Gasteiger partial charge in [-0.1, -0.05) is 50.2 Å². The van der Waals surface area contributed by atoms with Gasteiger partial charge in [-0.3, -0.25) is 19.3 Å². The average molecular weight is 861 g/mol. The fraction of sp³-hybridized carbons (Fsp3) is 0.426. The second kappa shape index (κ2) is 21.5. The Morgan fingerprint density at radius 1 is 0.623 bits per heavy atom. The number of rotatable bonds is 24. The van der Waals surface area contributed by atoms with Gasteiger partial charge in [0.25, 0.3) is 5.91 Å². The molecule has 4 aromatic carbocycles. The van der Waals surface area contributed by atoms with Crippen molar-refractivity contribution in [3.05, 3.63) is 119 Å². The number of hydrogen-bond acceptors (Lipinski definition) is 10. The zero-order chi connectivity index (χ0) is 45.0. The predicted octanol–water partition coefficient (Wildman–Crippen LogP) is 8.23. The van der Waals surface area contributed by atoms with Crippen LogP contribution in [-0.4, -0.2) is 98.0 Å². The fourth-order valence-corrected chi connectivity index (χ4v) is 9.31. The quantitative estimate of drug-likeness (QED) is 0.0268. The smallest absolute Gasteiger partial charge is 0.324 e. The summed E-state index contributed by atoms with van der Waals surface area (Å²) in [6.45, 7) is 10.8. The molecule has 2 unspecified atom stereocenters. The number of hydrogen-bond donors (Lipinski definition) is 3. The molecule has 0 fully saturated rings. The van der Waals surface area contributed by atoms with Crippen LogP contribution in [0.2, 0.25) is 0 Å². The van der Waals surface area contributed by atoms with Gasteiger partial charge in [0.2, 0.25) is 0 Å². The van der Waals surface area contributed by atoms with Crippen LogP contribution in [0.5, 0.6) is 23.0 Å². The van der Waals surface area contributed by atoms with Crippen LogP contribution < -0.4 is 24.3 Å². The van der Waals surface area contributed by atoms with Crippen LogP contribution in [0.15, 0.2) is 97.1 Å². The molecule has 0 aliphatic carbocycles. The molecule has 14 heteroatoms. The Morgan fingerprint density at radius 2 is 0.984 bits per heavy atom. The van der Waals surface area contributed by atoms with E-state index in [-0.39, 0.29) is 37.4 Å². The summed E-state index contributed by atoms with van der Waals surface area (Å²) in [4.78, 5) is 43.5. The first kappa shape index (κ1) is 48.5. The fourth-order valence-electron chi connectivity index (χ4n) is 8.05. The van der Waals surface area contributed by atoms with Crippen LogP contribution >= 0.6 is 8.81 Å². The van der Waals surface area contributed by atoms with Crippen LogP contribution in [0.3, 0.4) is 0 Å². The largest absolute Gasteiger partial charge is 0.497 e. The zero-order valence-corrected chi connectivity index (χ0v) is 37.8. The van der Waals surface area contributed by atoms with Gasteiger partial charge in [-0.15, -0.1) is 0 Å². The standard InChI is InChI=1S/C47H61N2O11P/c1-11-45(12-2,61-60-29-41(49(31(3)4)32(5)6)48-42(50)33-13-21-37(55-7)22-14-33)46(43(51)52,44(53)54)30-59-47(34-15-23-38(56-8)24-16-34,35-17-25-39(57-9)26-18-35)36-19-27-40(58-10)28-20-36/h13-28,31-32,41,61H,11-12,29-30H2,1-10H3,(H,48,50)(H,51,52)(H,53,54). The second-order valence-corrected chi connectivity index (χ2v) is 16.7. The van der Waals surface area contributed by atoms with E-state index in [4.69, 9.17) is 28.2 Å².